The SMILES string of the molecule is CCCOC(=O)N1CCN(C(=O)c2ccc3c(Cl)cc(-c4ccc(C(=O)NC)c(C)c4)nc3c2)CC1. The molecule has 8 nitrogen and oxygen atoms in total. The number of rotatable bonds is 5. The highest BCUT2D eigenvalue weighted by Gasteiger charge is 2.26. The molecule has 0 bridgehead atoms. The van der Waals surface area contributed by atoms with Crippen LogP contribution >= 0.6 is 11.6 Å². The quantitative estimate of drug-likeness (QED) is 0.546. The van der Waals surface area contributed by atoms with E-state index in [2.05, 4.69) is 5.32 Å². The largest absolute Gasteiger partial charge is 0.449 e. The Hall–Kier alpha value is -3.65. The number of aryl methyl sites for hydroxylation is 1. The third-order valence-corrected chi connectivity index (χ3v) is 6.57. The number of aromatic nitrogens is 1. The van der Waals surface area contributed by atoms with E-state index in [9.17, 15) is 14.4 Å². The summed E-state index contributed by atoms with van der Waals surface area (Å²) in [6.45, 7) is 5.94. The lowest BCUT2D eigenvalue weighted by molar-refractivity contribution is 0.0560. The van der Waals surface area contributed by atoms with Gasteiger partial charge in [0.05, 0.1) is 22.8 Å². The lowest BCUT2D eigenvalue weighted by Crippen LogP contribution is -2.50. The van der Waals surface area contributed by atoms with E-state index in [-0.39, 0.29) is 17.9 Å². The fourth-order valence-corrected chi connectivity index (χ4v) is 4.50. The van der Waals surface area contributed by atoms with Gasteiger partial charge in [-0.3, -0.25) is 9.59 Å². The molecule has 0 aliphatic carbocycles. The van der Waals surface area contributed by atoms with Gasteiger partial charge in [-0.25, -0.2) is 9.78 Å². The molecule has 2 aromatic carbocycles. The van der Waals surface area contributed by atoms with Crippen LogP contribution in [0.2, 0.25) is 5.02 Å². The van der Waals surface area contributed by atoms with Gasteiger partial charge in [-0.1, -0.05) is 30.7 Å². The summed E-state index contributed by atoms with van der Waals surface area (Å²) < 4.78 is 5.19. The molecule has 36 heavy (non-hydrogen) atoms. The van der Waals surface area contributed by atoms with E-state index < -0.39 is 0 Å². The molecule has 1 saturated heterocycles. The van der Waals surface area contributed by atoms with Crippen molar-refractivity contribution in [3.63, 3.8) is 0 Å². The number of nitrogens with one attached hydrogen (secondary N) is 1. The van der Waals surface area contributed by atoms with Crippen molar-refractivity contribution in [2.75, 3.05) is 39.8 Å². The number of amides is 3. The summed E-state index contributed by atoms with van der Waals surface area (Å²) in [5, 5.41) is 3.92. The molecule has 188 valence electrons. The number of fused-ring (bicyclic) bond motifs is 1. The Morgan fingerprint density at radius 2 is 1.75 bits per heavy atom. The van der Waals surface area contributed by atoms with Crippen LogP contribution in [0.5, 0.6) is 0 Å². The minimum atomic E-state index is -0.334. The molecular weight excluding hydrogens is 480 g/mol. The van der Waals surface area contributed by atoms with Crippen molar-refractivity contribution in [1.29, 1.82) is 0 Å². The number of piperazine rings is 1. The van der Waals surface area contributed by atoms with Gasteiger partial charge in [-0.05, 0) is 49.2 Å². The highest BCUT2D eigenvalue weighted by molar-refractivity contribution is 6.35. The van der Waals surface area contributed by atoms with Crippen molar-refractivity contribution in [2.45, 2.75) is 20.3 Å². The standard InChI is InChI=1S/C27H29ClN4O4/c1-4-13-36-27(35)32-11-9-31(10-12-32)26(34)19-6-8-21-22(28)16-23(30-24(21)15-19)18-5-7-20(17(2)14-18)25(33)29-3/h5-8,14-16H,4,9-13H2,1-3H3,(H,29,33). The summed E-state index contributed by atoms with van der Waals surface area (Å²) in [6, 6.07) is 12.6. The number of hydrogen-bond donors (Lipinski definition) is 1. The van der Waals surface area contributed by atoms with E-state index in [4.69, 9.17) is 21.3 Å². The molecule has 1 aromatic heterocycles. The summed E-state index contributed by atoms with van der Waals surface area (Å²) in [5.74, 6) is -0.266. The van der Waals surface area contributed by atoms with Gasteiger partial charge in [0.2, 0.25) is 0 Å². The van der Waals surface area contributed by atoms with Crippen molar-refractivity contribution < 1.29 is 19.1 Å². The highest BCUT2D eigenvalue weighted by atomic mass is 35.5. The number of halogens is 1. The second-order valence-electron chi connectivity index (χ2n) is 8.72. The Balaban J connectivity index is 1.55. The van der Waals surface area contributed by atoms with Gasteiger partial charge in [0, 0.05) is 55.3 Å². The third-order valence-electron chi connectivity index (χ3n) is 6.25. The number of benzene rings is 2. The Kier molecular flexibility index (Phi) is 7.74. The maximum Gasteiger partial charge on any atom is 0.409 e. The van der Waals surface area contributed by atoms with Gasteiger partial charge in [0.15, 0.2) is 0 Å². The predicted octanol–water partition coefficient (Wildman–Crippen LogP) is 4.53. The Morgan fingerprint density at radius 1 is 1.03 bits per heavy atom. The summed E-state index contributed by atoms with van der Waals surface area (Å²) >= 11 is 6.57. The second kappa shape index (κ2) is 11.0. The van der Waals surface area contributed by atoms with Crippen LogP contribution in [0, 0.1) is 6.92 Å². The van der Waals surface area contributed by atoms with E-state index in [0.29, 0.717) is 60.1 Å². The molecule has 0 saturated carbocycles. The fraction of sp³-hybridized carbons (Fsp3) is 0.333. The van der Waals surface area contributed by atoms with Crippen molar-refractivity contribution in [1.82, 2.24) is 20.1 Å². The minimum absolute atomic E-state index is 0.118. The number of nitrogens with zero attached hydrogens (tertiary/aromatic N) is 3. The van der Waals surface area contributed by atoms with E-state index in [1.54, 1.807) is 47.2 Å². The molecule has 0 atom stereocenters. The zero-order chi connectivity index (χ0) is 25.8. The van der Waals surface area contributed by atoms with Crippen LogP contribution in [0.15, 0.2) is 42.5 Å². The maximum atomic E-state index is 13.2. The van der Waals surface area contributed by atoms with Crippen molar-refractivity contribution >= 4 is 40.4 Å². The molecule has 1 aliphatic rings. The molecule has 0 unspecified atom stereocenters. The Bertz CT molecular complexity index is 1320. The van der Waals surface area contributed by atoms with Gasteiger partial charge < -0.3 is 19.9 Å². The summed E-state index contributed by atoms with van der Waals surface area (Å²) in [7, 11) is 1.60. The van der Waals surface area contributed by atoms with Crippen LogP contribution in [0.3, 0.4) is 0 Å². The minimum Gasteiger partial charge on any atom is -0.449 e. The average molecular weight is 509 g/mol. The Morgan fingerprint density at radius 3 is 2.42 bits per heavy atom. The van der Waals surface area contributed by atoms with Crippen molar-refractivity contribution in [3.8, 4) is 11.3 Å². The number of ether oxygens (including phenoxy) is 1. The molecule has 0 radical (unpaired) electrons. The van der Waals surface area contributed by atoms with Gasteiger partial charge in [0.25, 0.3) is 11.8 Å². The smallest absolute Gasteiger partial charge is 0.409 e. The first kappa shape index (κ1) is 25.4. The second-order valence-corrected chi connectivity index (χ2v) is 9.13. The predicted molar refractivity (Wildman–Crippen MR) is 139 cm³/mol. The maximum absolute atomic E-state index is 13.2. The van der Waals surface area contributed by atoms with Gasteiger partial charge in [-0.2, -0.15) is 0 Å². The van der Waals surface area contributed by atoms with Crippen LogP contribution in [0.25, 0.3) is 22.2 Å². The lowest BCUT2D eigenvalue weighted by Gasteiger charge is -2.34. The van der Waals surface area contributed by atoms with E-state index >= 15 is 0 Å². The molecule has 1 aliphatic heterocycles. The molecule has 1 fully saturated rings. The molecule has 0 spiro atoms. The van der Waals surface area contributed by atoms with E-state index in [1.807, 2.05) is 26.0 Å². The summed E-state index contributed by atoms with van der Waals surface area (Å²) in [5.41, 5.74) is 4.02. The lowest BCUT2D eigenvalue weighted by atomic mass is 10.0. The van der Waals surface area contributed by atoms with Crippen LogP contribution < -0.4 is 5.32 Å². The van der Waals surface area contributed by atoms with Crippen molar-refractivity contribution in [2.24, 2.45) is 0 Å². The van der Waals surface area contributed by atoms with Crippen molar-refractivity contribution in [3.05, 3.63) is 64.2 Å². The molecule has 3 amide bonds. The third kappa shape index (κ3) is 5.28. The van der Waals surface area contributed by atoms with E-state index in [1.165, 1.54) is 0 Å². The fourth-order valence-electron chi connectivity index (χ4n) is 4.23. The number of hydrogen-bond acceptors (Lipinski definition) is 5. The summed E-state index contributed by atoms with van der Waals surface area (Å²) in [6.07, 6.45) is 0.437. The van der Waals surface area contributed by atoms with E-state index in [0.717, 1.165) is 22.9 Å². The highest BCUT2D eigenvalue weighted by Crippen LogP contribution is 2.30. The average Bonchev–Trinajstić information content (AvgIpc) is 2.90. The van der Waals surface area contributed by atoms with Gasteiger partial charge in [-0.15, -0.1) is 0 Å². The Labute approximate surface area is 215 Å². The molecular formula is C27H29ClN4O4. The van der Waals surface area contributed by atoms with Crippen LogP contribution in [0.1, 0.15) is 39.6 Å². The van der Waals surface area contributed by atoms with Crippen LogP contribution in [0.4, 0.5) is 4.79 Å². The van der Waals surface area contributed by atoms with Crippen LogP contribution in [-0.4, -0.2) is 72.5 Å². The first-order chi connectivity index (χ1) is 17.3. The molecule has 2 heterocycles. The molecule has 9 heteroatoms. The summed E-state index contributed by atoms with van der Waals surface area (Å²) in [4.78, 5) is 45.4. The molecule has 3 aromatic rings. The topological polar surface area (TPSA) is 91.8 Å². The zero-order valence-corrected chi connectivity index (χ0v) is 21.4. The van der Waals surface area contributed by atoms with Crippen LogP contribution in [-0.2, 0) is 4.74 Å². The number of pyridine rings is 1. The first-order valence-corrected chi connectivity index (χ1v) is 12.3. The molecule has 1 N–H and O–H groups in total. The van der Waals surface area contributed by atoms with Gasteiger partial charge >= 0.3 is 6.09 Å². The van der Waals surface area contributed by atoms with Gasteiger partial charge in [0.1, 0.15) is 0 Å². The monoisotopic (exact) mass is 508 g/mol. The number of carbonyl (C=O) groups is 3. The molecule has 4 rings (SSSR count). The normalized spacial score (nSPS) is 13.6. The zero-order valence-electron chi connectivity index (χ0n) is 20.6. The number of carbonyl (C=O) groups excluding carboxylic acids is 3. The first-order valence-electron chi connectivity index (χ1n) is 12.0.